The third-order valence-electron chi connectivity index (χ3n) is 1.69. The van der Waals surface area contributed by atoms with Crippen LogP contribution in [0, 0.1) is 0 Å². The first-order valence-corrected chi connectivity index (χ1v) is 6.52. The van der Waals surface area contributed by atoms with Crippen LogP contribution in [0.15, 0.2) is 10.5 Å². The molecule has 0 amide bonds. The van der Waals surface area contributed by atoms with Crippen LogP contribution in [0.2, 0.25) is 0 Å². The number of thiophene rings is 1. The zero-order chi connectivity index (χ0) is 12.5. The van der Waals surface area contributed by atoms with Gasteiger partial charge in [0.2, 0.25) is 0 Å². The van der Waals surface area contributed by atoms with Crippen LogP contribution >= 0.6 is 27.3 Å². The third-order valence-corrected chi connectivity index (χ3v) is 3.90. The Labute approximate surface area is 108 Å². The van der Waals surface area contributed by atoms with Crippen LogP contribution < -0.4 is 0 Å². The summed E-state index contributed by atoms with van der Waals surface area (Å²) >= 11 is 4.55. The molecule has 1 heterocycles. The Hall–Kier alpha value is -0.390. The number of hydrogen-bond acceptors (Lipinski definition) is 4. The van der Waals surface area contributed by atoms with Gasteiger partial charge in [-0.25, -0.2) is 4.79 Å². The van der Waals surface area contributed by atoms with Crippen molar-refractivity contribution in [2.45, 2.75) is 39.4 Å². The molecular formula is C11H15BrO3S. The Morgan fingerprint density at radius 2 is 2.12 bits per heavy atom. The van der Waals surface area contributed by atoms with E-state index in [1.54, 1.807) is 13.0 Å². The van der Waals surface area contributed by atoms with Crippen LogP contribution in [0.25, 0.3) is 0 Å². The maximum absolute atomic E-state index is 11.7. The van der Waals surface area contributed by atoms with Gasteiger partial charge in [0.1, 0.15) is 10.5 Å². The Kier molecular flexibility index (Phi) is 4.15. The SMILES string of the molecule is CC(O)c1sc(C(=O)OC(C)(C)C)cc1Br. The van der Waals surface area contributed by atoms with Crippen molar-refractivity contribution in [3.63, 3.8) is 0 Å². The van der Waals surface area contributed by atoms with Gasteiger partial charge >= 0.3 is 5.97 Å². The van der Waals surface area contributed by atoms with E-state index in [9.17, 15) is 9.90 Å². The van der Waals surface area contributed by atoms with Gasteiger partial charge in [-0.1, -0.05) is 0 Å². The van der Waals surface area contributed by atoms with Gasteiger partial charge in [-0.05, 0) is 49.7 Å². The van der Waals surface area contributed by atoms with Crippen molar-refractivity contribution >= 4 is 33.2 Å². The van der Waals surface area contributed by atoms with Gasteiger partial charge in [-0.2, -0.15) is 0 Å². The highest BCUT2D eigenvalue weighted by atomic mass is 79.9. The number of esters is 1. The van der Waals surface area contributed by atoms with E-state index in [0.29, 0.717) is 4.88 Å². The second-order valence-corrected chi connectivity index (χ2v) is 6.44. The fourth-order valence-electron chi connectivity index (χ4n) is 1.10. The molecule has 0 bridgehead atoms. The molecule has 0 aromatic carbocycles. The lowest BCUT2D eigenvalue weighted by atomic mass is 10.2. The van der Waals surface area contributed by atoms with Crippen molar-refractivity contribution < 1.29 is 14.6 Å². The highest BCUT2D eigenvalue weighted by Crippen LogP contribution is 2.33. The minimum Gasteiger partial charge on any atom is -0.456 e. The molecule has 1 aromatic heterocycles. The Bertz CT molecular complexity index is 390. The molecule has 0 spiro atoms. The van der Waals surface area contributed by atoms with Gasteiger partial charge in [-0.15, -0.1) is 11.3 Å². The van der Waals surface area contributed by atoms with E-state index in [1.165, 1.54) is 11.3 Å². The number of hydrogen-bond donors (Lipinski definition) is 1. The average Bonchev–Trinajstić information content (AvgIpc) is 2.44. The van der Waals surface area contributed by atoms with E-state index in [2.05, 4.69) is 15.9 Å². The highest BCUT2D eigenvalue weighted by molar-refractivity contribution is 9.10. The number of aliphatic hydroxyl groups is 1. The summed E-state index contributed by atoms with van der Waals surface area (Å²) in [6.07, 6.45) is -0.587. The van der Waals surface area contributed by atoms with Crippen molar-refractivity contribution in [1.82, 2.24) is 0 Å². The zero-order valence-electron chi connectivity index (χ0n) is 9.70. The van der Waals surface area contributed by atoms with E-state index in [0.717, 1.165) is 9.35 Å². The molecule has 16 heavy (non-hydrogen) atoms. The molecule has 0 fully saturated rings. The predicted octanol–water partition coefficient (Wildman–Crippen LogP) is 3.52. The molecule has 3 nitrogen and oxygen atoms in total. The standard InChI is InChI=1S/C11H15BrO3S/c1-6(13)9-7(12)5-8(16-9)10(14)15-11(2,3)4/h5-6,13H,1-4H3. The molecule has 0 radical (unpaired) electrons. The quantitative estimate of drug-likeness (QED) is 0.850. The smallest absolute Gasteiger partial charge is 0.348 e. The highest BCUT2D eigenvalue weighted by Gasteiger charge is 2.21. The van der Waals surface area contributed by atoms with Crippen molar-refractivity contribution in [3.8, 4) is 0 Å². The van der Waals surface area contributed by atoms with Crippen LogP contribution in [0.1, 0.15) is 48.3 Å². The van der Waals surface area contributed by atoms with E-state index in [1.807, 2.05) is 20.8 Å². The molecule has 1 atom stereocenters. The van der Waals surface area contributed by atoms with Crippen LogP contribution in [-0.2, 0) is 4.74 Å². The van der Waals surface area contributed by atoms with E-state index in [-0.39, 0.29) is 5.97 Å². The average molecular weight is 307 g/mol. The van der Waals surface area contributed by atoms with Gasteiger partial charge in [0.15, 0.2) is 0 Å². The van der Waals surface area contributed by atoms with Crippen LogP contribution in [-0.4, -0.2) is 16.7 Å². The largest absolute Gasteiger partial charge is 0.456 e. The molecule has 0 aliphatic carbocycles. The maximum Gasteiger partial charge on any atom is 0.348 e. The number of ether oxygens (including phenoxy) is 1. The lowest BCUT2D eigenvalue weighted by molar-refractivity contribution is 0.00752. The van der Waals surface area contributed by atoms with Gasteiger partial charge < -0.3 is 9.84 Å². The Balaban J connectivity index is 2.90. The second-order valence-electron chi connectivity index (χ2n) is 4.50. The normalized spacial score (nSPS) is 13.6. The Morgan fingerprint density at radius 1 is 1.56 bits per heavy atom. The molecule has 90 valence electrons. The summed E-state index contributed by atoms with van der Waals surface area (Å²) in [7, 11) is 0. The van der Waals surface area contributed by atoms with E-state index >= 15 is 0 Å². The molecule has 0 saturated carbocycles. The van der Waals surface area contributed by atoms with Gasteiger partial charge in [-0.3, -0.25) is 0 Å². The van der Waals surface area contributed by atoms with Crippen LogP contribution in [0.5, 0.6) is 0 Å². The molecule has 1 unspecified atom stereocenters. The molecule has 5 heteroatoms. The number of carbonyl (C=O) groups is 1. The summed E-state index contributed by atoms with van der Waals surface area (Å²) in [6, 6.07) is 1.68. The molecule has 0 aliphatic heterocycles. The van der Waals surface area contributed by atoms with Crippen molar-refractivity contribution in [1.29, 1.82) is 0 Å². The second kappa shape index (κ2) is 4.85. The lowest BCUT2D eigenvalue weighted by Gasteiger charge is -2.18. The monoisotopic (exact) mass is 306 g/mol. The third kappa shape index (κ3) is 3.57. The molecule has 1 N–H and O–H groups in total. The van der Waals surface area contributed by atoms with Crippen molar-refractivity contribution in [2.75, 3.05) is 0 Å². The maximum atomic E-state index is 11.7. The van der Waals surface area contributed by atoms with Crippen LogP contribution in [0.4, 0.5) is 0 Å². The summed E-state index contributed by atoms with van der Waals surface area (Å²) in [6.45, 7) is 7.13. The number of carbonyl (C=O) groups excluding carboxylic acids is 1. The molecule has 0 aliphatic rings. The fraction of sp³-hybridized carbons (Fsp3) is 0.545. The van der Waals surface area contributed by atoms with Crippen LogP contribution in [0.3, 0.4) is 0 Å². The number of rotatable bonds is 2. The summed E-state index contributed by atoms with van der Waals surface area (Å²) in [5, 5.41) is 9.46. The summed E-state index contributed by atoms with van der Waals surface area (Å²) < 4.78 is 5.98. The lowest BCUT2D eigenvalue weighted by Crippen LogP contribution is -2.23. The van der Waals surface area contributed by atoms with Gasteiger partial charge in [0.25, 0.3) is 0 Å². The van der Waals surface area contributed by atoms with E-state index in [4.69, 9.17) is 4.74 Å². The van der Waals surface area contributed by atoms with Gasteiger partial charge in [0.05, 0.1) is 6.10 Å². The minimum absolute atomic E-state index is 0.356. The zero-order valence-corrected chi connectivity index (χ0v) is 12.1. The Morgan fingerprint density at radius 3 is 2.50 bits per heavy atom. The number of halogens is 1. The molecule has 1 rings (SSSR count). The van der Waals surface area contributed by atoms with E-state index < -0.39 is 11.7 Å². The first-order chi connectivity index (χ1) is 7.20. The fourth-order valence-corrected chi connectivity index (χ4v) is 2.92. The molecular weight excluding hydrogens is 292 g/mol. The van der Waals surface area contributed by atoms with Crippen molar-refractivity contribution in [3.05, 3.63) is 20.3 Å². The molecule has 0 saturated heterocycles. The summed E-state index contributed by atoms with van der Waals surface area (Å²) in [5.74, 6) is -0.356. The van der Waals surface area contributed by atoms with Gasteiger partial charge in [0, 0.05) is 9.35 Å². The topological polar surface area (TPSA) is 46.5 Å². The number of aliphatic hydroxyl groups excluding tert-OH is 1. The van der Waals surface area contributed by atoms with Crippen molar-refractivity contribution in [2.24, 2.45) is 0 Å². The summed E-state index contributed by atoms with van der Waals surface area (Å²) in [5.41, 5.74) is -0.501. The summed E-state index contributed by atoms with van der Waals surface area (Å²) in [4.78, 5) is 13.0. The molecule has 1 aromatic rings. The predicted molar refractivity (Wildman–Crippen MR) is 67.8 cm³/mol. The first kappa shape index (κ1) is 13.7. The minimum atomic E-state index is -0.587. The first-order valence-electron chi connectivity index (χ1n) is 4.91.